The van der Waals surface area contributed by atoms with Crippen LogP contribution < -0.4 is 9.47 Å². The van der Waals surface area contributed by atoms with E-state index in [1.807, 2.05) is 60.9 Å². The molecule has 0 bridgehead atoms. The number of ether oxygens (including phenoxy) is 2. The van der Waals surface area contributed by atoms with Crippen LogP contribution in [-0.2, 0) is 13.1 Å². The summed E-state index contributed by atoms with van der Waals surface area (Å²) < 4.78 is 11.6. The van der Waals surface area contributed by atoms with Gasteiger partial charge in [-0.05, 0) is 38.1 Å². The van der Waals surface area contributed by atoms with Gasteiger partial charge in [0.05, 0.1) is 47.0 Å². The van der Waals surface area contributed by atoms with Crippen LogP contribution in [-0.4, -0.2) is 80.1 Å². The number of halogens is 2. The number of aromatic nitrogens is 6. The van der Waals surface area contributed by atoms with Crippen molar-refractivity contribution in [2.24, 2.45) is 0 Å². The molecular weight excluding hydrogens is 719 g/mol. The van der Waals surface area contributed by atoms with Crippen molar-refractivity contribution in [2.75, 3.05) is 40.4 Å². The van der Waals surface area contributed by atoms with Crippen molar-refractivity contribution < 1.29 is 9.47 Å². The van der Waals surface area contributed by atoms with E-state index in [4.69, 9.17) is 42.6 Å². The number of nitrogens with zero attached hydrogens (tertiary/aromatic N) is 8. The highest BCUT2D eigenvalue weighted by atomic mass is 35.5. The fourth-order valence-corrected chi connectivity index (χ4v) is 8.32. The Morgan fingerprint density at radius 3 is 1.44 bits per heavy atom. The normalized spacial score (nSPS) is 17.6. The second-order valence-electron chi connectivity index (χ2n) is 13.8. The maximum atomic E-state index is 7.19. The topological polar surface area (TPSA) is 102 Å². The van der Waals surface area contributed by atoms with Crippen LogP contribution in [0, 0.1) is 0 Å². The summed E-state index contributed by atoms with van der Waals surface area (Å²) in [7, 11) is 3.31. The Morgan fingerprint density at radius 2 is 1.04 bits per heavy atom. The molecule has 0 saturated carbocycles. The Labute approximate surface area is 325 Å². The summed E-state index contributed by atoms with van der Waals surface area (Å²) in [6, 6.07) is 20.0. The lowest BCUT2D eigenvalue weighted by atomic mass is 9.98. The van der Waals surface area contributed by atoms with Gasteiger partial charge in [0.15, 0.2) is 0 Å². The fourth-order valence-electron chi connectivity index (χ4n) is 7.67. The highest BCUT2D eigenvalue weighted by Crippen LogP contribution is 2.43. The number of methoxy groups -OCH3 is 2. The van der Waals surface area contributed by atoms with Crippen LogP contribution in [0.25, 0.3) is 33.6 Å². The Kier molecular flexibility index (Phi) is 10.8. The van der Waals surface area contributed by atoms with Gasteiger partial charge in [0, 0.05) is 109 Å². The fraction of sp³-hybridized carbons (Fsp3) is 0.286. The number of likely N-dealkylation sites (tertiary alicyclic amines) is 2. The molecule has 2 aliphatic heterocycles. The van der Waals surface area contributed by atoms with Crippen molar-refractivity contribution in [1.82, 2.24) is 39.7 Å². The zero-order valence-electron chi connectivity index (χ0n) is 30.2. The molecule has 0 amide bonds. The third-order valence-electron chi connectivity index (χ3n) is 10.4. The molecule has 0 aliphatic carbocycles. The lowest BCUT2D eigenvalue weighted by Crippen LogP contribution is -2.20. The first-order valence-electron chi connectivity index (χ1n) is 18.1. The minimum absolute atomic E-state index is 0.367. The smallest absolute Gasteiger partial charge is 0.218 e. The zero-order valence-corrected chi connectivity index (χ0v) is 31.7. The van der Waals surface area contributed by atoms with Crippen LogP contribution in [0.2, 0.25) is 10.0 Å². The summed E-state index contributed by atoms with van der Waals surface area (Å²) in [6.45, 7) is 5.22. The molecule has 6 heterocycles. The van der Waals surface area contributed by atoms with Gasteiger partial charge in [-0.1, -0.05) is 71.7 Å². The Hall–Kier alpha value is -5.00. The van der Waals surface area contributed by atoms with Gasteiger partial charge in [-0.25, -0.2) is 9.97 Å². The monoisotopic (exact) mass is 758 g/mol. The number of hydrogen-bond acceptors (Lipinski definition) is 10. The molecule has 0 radical (unpaired) electrons. The number of rotatable bonds is 11. The van der Waals surface area contributed by atoms with Crippen LogP contribution in [0.1, 0.15) is 47.2 Å². The van der Waals surface area contributed by atoms with Crippen LogP contribution in [0.4, 0.5) is 0 Å². The van der Waals surface area contributed by atoms with Gasteiger partial charge in [-0.2, -0.15) is 0 Å². The minimum atomic E-state index is 0.367. The number of pyridine rings is 2. The molecule has 2 saturated heterocycles. The van der Waals surface area contributed by atoms with Crippen LogP contribution >= 0.6 is 23.2 Å². The molecule has 2 aliphatic rings. The first-order valence-corrected chi connectivity index (χ1v) is 18.9. The standard InChI is InChI=1S/C42H40Cl2N8O2/c1-53-41-29(25-51-19-13-27(23-51)37-21-45-15-17-47-37)9-11-35(49-41)33-7-3-5-31(39(33)43)32-6-4-8-34(40(32)44)36-12-10-30(42(50-36)54-2)26-52-20-14-28(24-52)38-22-46-16-18-48-38/h3-12,15-18,21-22,27-28H,13-14,19-20,23-26H2,1-2H3. The summed E-state index contributed by atoms with van der Waals surface area (Å²) in [5.74, 6) is 1.89. The van der Waals surface area contributed by atoms with Crippen molar-refractivity contribution in [3.05, 3.63) is 130 Å². The number of benzene rings is 2. The summed E-state index contributed by atoms with van der Waals surface area (Å²) in [4.78, 5) is 32.2. The van der Waals surface area contributed by atoms with Crippen molar-refractivity contribution in [3.8, 4) is 45.4 Å². The summed E-state index contributed by atoms with van der Waals surface area (Å²) >= 11 is 14.4. The summed E-state index contributed by atoms with van der Waals surface area (Å²) in [5, 5.41) is 1.10. The minimum Gasteiger partial charge on any atom is -0.481 e. The first-order chi connectivity index (χ1) is 26.5. The van der Waals surface area contributed by atoms with Crippen molar-refractivity contribution >= 4 is 23.2 Å². The van der Waals surface area contributed by atoms with Crippen molar-refractivity contribution in [1.29, 1.82) is 0 Å². The molecule has 0 N–H and O–H groups in total. The van der Waals surface area contributed by atoms with Gasteiger partial charge in [0.25, 0.3) is 0 Å². The third kappa shape index (κ3) is 7.52. The second-order valence-corrected chi connectivity index (χ2v) is 14.5. The molecule has 10 nitrogen and oxygen atoms in total. The largest absolute Gasteiger partial charge is 0.481 e. The summed E-state index contributed by atoms with van der Waals surface area (Å²) in [6.07, 6.45) is 12.8. The Balaban J connectivity index is 1.01. The zero-order chi connectivity index (χ0) is 37.0. The van der Waals surface area contributed by atoms with E-state index in [9.17, 15) is 0 Å². The third-order valence-corrected chi connectivity index (χ3v) is 11.3. The van der Waals surface area contributed by atoms with E-state index >= 15 is 0 Å². The summed E-state index contributed by atoms with van der Waals surface area (Å²) in [5.41, 5.74) is 8.73. The molecule has 54 heavy (non-hydrogen) atoms. The van der Waals surface area contributed by atoms with Gasteiger partial charge < -0.3 is 9.47 Å². The molecule has 2 fully saturated rings. The first kappa shape index (κ1) is 36.0. The molecule has 2 aromatic carbocycles. The second kappa shape index (κ2) is 16.2. The van der Waals surface area contributed by atoms with Gasteiger partial charge in [-0.3, -0.25) is 29.7 Å². The molecule has 2 unspecified atom stereocenters. The SMILES string of the molecule is COc1nc(-c2cccc(-c3cccc(-c4ccc(CN5CCC(c6cnccn6)C5)c(OC)n4)c3Cl)c2Cl)ccc1CN1CCC(c2cnccn2)C1. The molecular formula is C42H40Cl2N8O2. The van der Waals surface area contributed by atoms with Crippen molar-refractivity contribution in [3.63, 3.8) is 0 Å². The van der Waals surface area contributed by atoms with E-state index in [2.05, 4.69) is 41.9 Å². The molecule has 12 heteroatoms. The van der Waals surface area contributed by atoms with E-state index in [1.165, 1.54) is 0 Å². The molecule has 4 aromatic heterocycles. The quantitative estimate of drug-likeness (QED) is 0.128. The molecule has 2 atom stereocenters. The number of hydrogen-bond donors (Lipinski definition) is 0. The van der Waals surface area contributed by atoms with Crippen LogP contribution in [0.15, 0.2) is 97.8 Å². The average molecular weight is 760 g/mol. The molecule has 6 aromatic rings. The Morgan fingerprint density at radius 1 is 0.593 bits per heavy atom. The van der Waals surface area contributed by atoms with Crippen molar-refractivity contribution in [2.45, 2.75) is 37.8 Å². The van der Waals surface area contributed by atoms with Crippen LogP contribution in [0.3, 0.4) is 0 Å². The maximum Gasteiger partial charge on any atom is 0.218 e. The maximum absolute atomic E-state index is 7.19. The predicted molar refractivity (Wildman–Crippen MR) is 211 cm³/mol. The lowest BCUT2D eigenvalue weighted by Gasteiger charge is -2.19. The molecule has 274 valence electrons. The van der Waals surface area contributed by atoms with Gasteiger partial charge in [0.1, 0.15) is 0 Å². The highest BCUT2D eigenvalue weighted by Gasteiger charge is 2.28. The van der Waals surface area contributed by atoms with E-state index in [0.717, 1.165) is 108 Å². The molecule has 8 rings (SSSR count). The van der Waals surface area contributed by atoms with Gasteiger partial charge in [-0.15, -0.1) is 0 Å². The van der Waals surface area contributed by atoms with E-state index in [1.54, 1.807) is 39.0 Å². The van der Waals surface area contributed by atoms with Gasteiger partial charge >= 0.3 is 0 Å². The van der Waals surface area contributed by atoms with E-state index in [-0.39, 0.29) is 0 Å². The Bertz CT molecular complexity index is 2090. The predicted octanol–water partition coefficient (Wildman–Crippen LogP) is 8.36. The highest BCUT2D eigenvalue weighted by molar-refractivity contribution is 6.39. The van der Waals surface area contributed by atoms with E-state index < -0.39 is 0 Å². The van der Waals surface area contributed by atoms with Crippen LogP contribution in [0.5, 0.6) is 11.8 Å². The lowest BCUT2D eigenvalue weighted by molar-refractivity contribution is 0.313. The molecule has 0 spiro atoms. The average Bonchev–Trinajstić information content (AvgIpc) is 3.90. The van der Waals surface area contributed by atoms with Gasteiger partial charge in [0.2, 0.25) is 11.8 Å². The van der Waals surface area contributed by atoms with E-state index in [0.29, 0.717) is 33.6 Å².